The molecule has 1 amide bonds. The predicted octanol–water partition coefficient (Wildman–Crippen LogP) is 4.63. The number of para-hydroxylation sites is 1. The van der Waals surface area contributed by atoms with Crippen LogP contribution in [0.25, 0.3) is 10.9 Å². The number of aromatic amines is 1. The van der Waals surface area contributed by atoms with Crippen LogP contribution in [-0.2, 0) is 14.8 Å². The molecular formula is C25H28ClN3O3S. The number of benzene rings is 2. The third kappa shape index (κ3) is 4.54. The summed E-state index contributed by atoms with van der Waals surface area (Å²) in [6, 6.07) is 16.8. The Morgan fingerprint density at radius 2 is 1.58 bits per heavy atom. The van der Waals surface area contributed by atoms with E-state index in [1.807, 2.05) is 17.0 Å². The van der Waals surface area contributed by atoms with Gasteiger partial charge in [0.05, 0.1) is 4.90 Å². The molecule has 6 nitrogen and oxygen atoms in total. The van der Waals surface area contributed by atoms with Crippen LogP contribution >= 0.6 is 11.6 Å². The second-order valence-electron chi connectivity index (χ2n) is 9.04. The topological polar surface area (TPSA) is 73.5 Å². The van der Waals surface area contributed by atoms with Crippen LogP contribution in [0, 0.1) is 5.92 Å². The van der Waals surface area contributed by atoms with E-state index in [-0.39, 0.29) is 16.7 Å². The lowest BCUT2D eigenvalue weighted by Gasteiger charge is -2.37. The van der Waals surface area contributed by atoms with Crippen LogP contribution < -0.4 is 0 Å². The molecule has 3 heterocycles. The number of amides is 1. The molecule has 0 aliphatic carbocycles. The lowest BCUT2D eigenvalue weighted by atomic mass is 9.91. The largest absolute Gasteiger partial charge is 0.358 e. The average molecular weight is 486 g/mol. The molecule has 0 unspecified atom stereocenters. The van der Waals surface area contributed by atoms with Gasteiger partial charge in [-0.2, -0.15) is 4.31 Å². The molecule has 5 rings (SSSR count). The molecule has 1 N–H and O–H groups in total. The van der Waals surface area contributed by atoms with Crippen LogP contribution in [0.2, 0.25) is 5.02 Å². The maximum Gasteiger partial charge on any atom is 0.243 e. The highest BCUT2D eigenvalue weighted by Crippen LogP contribution is 2.32. The molecule has 174 valence electrons. The number of halogens is 1. The zero-order valence-electron chi connectivity index (χ0n) is 18.4. The van der Waals surface area contributed by atoms with Crippen LogP contribution in [0.4, 0.5) is 0 Å². The van der Waals surface area contributed by atoms with Crippen molar-refractivity contribution < 1.29 is 13.2 Å². The van der Waals surface area contributed by atoms with Gasteiger partial charge in [0, 0.05) is 54.2 Å². The number of rotatable bonds is 4. The number of carbonyl (C=O) groups excluding carboxylic acids is 1. The number of carbonyl (C=O) groups is 1. The van der Waals surface area contributed by atoms with E-state index < -0.39 is 10.0 Å². The first kappa shape index (κ1) is 22.4. The summed E-state index contributed by atoms with van der Waals surface area (Å²) in [6.45, 7) is 2.24. The van der Waals surface area contributed by atoms with Crippen molar-refractivity contribution in [2.24, 2.45) is 5.92 Å². The van der Waals surface area contributed by atoms with Crippen molar-refractivity contribution in [3.05, 3.63) is 65.3 Å². The normalized spacial score (nSPS) is 19.2. The Bertz CT molecular complexity index is 1210. The molecule has 2 saturated heterocycles. The summed E-state index contributed by atoms with van der Waals surface area (Å²) in [4.78, 5) is 18.9. The zero-order chi connectivity index (χ0) is 23.0. The molecule has 2 aromatic carbocycles. The van der Waals surface area contributed by atoms with Gasteiger partial charge >= 0.3 is 0 Å². The van der Waals surface area contributed by atoms with E-state index in [0.717, 1.165) is 31.4 Å². The van der Waals surface area contributed by atoms with Gasteiger partial charge in [-0.1, -0.05) is 29.8 Å². The number of sulfonamides is 1. The molecular weight excluding hydrogens is 458 g/mol. The first-order chi connectivity index (χ1) is 15.9. The fraction of sp³-hybridized carbons (Fsp3) is 0.400. The van der Waals surface area contributed by atoms with E-state index in [2.05, 4.69) is 23.2 Å². The van der Waals surface area contributed by atoms with E-state index in [1.165, 1.54) is 27.5 Å². The molecule has 2 aliphatic heterocycles. The second-order valence-corrected chi connectivity index (χ2v) is 11.4. The minimum atomic E-state index is -3.56. The number of piperidine rings is 2. The lowest BCUT2D eigenvalue weighted by molar-refractivity contribution is -0.137. The first-order valence-corrected chi connectivity index (χ1v) is 13.4. The van der Waals surface area contributed by atoms with Crippen molar-refractivity contribution in [3.8, 4) is 0 Å². The van der Waals surface area contributed by atoms with Gasteiger partial charge < -0.3 is 9.88 Å². The Hall–Kier alpha value is -2.35. The maximum absolute atomic E-state index is 13.1. The number of nitrogens with zero attached hydrogens (tertiary/aromatic N) is 2. The van der Waals surface area contributed by atoms with Gasteiger partial charge in [0.1, 0.15) is 0 Å². The molecule has 2 aliphatic rings. The Balaban J connectivity index is 1.16. The van der Waals surface area contributed by atoms with Crippen molar-refractivity contribution in [2.45, 2.75) is 36.5 Å². The van der Waals surface area contributed by atoms with Crippen molar-refractivity contribution >= 4 is 38.4 Å². The molecule has 8 heteroatoms. The van der Waals surface area contributed by atoms with Crippen LogP contribution in [0.15, 0.2) is 59.5 Å². The van der Waals surface area contributed by atoms with E-state index in [1.54, 1.807) is 12.1 Å². The third-order valence-electron chi connectivity index (χ3n) is 7.05. The molecule has 0 saturated carbocycles. The van der Waals surface area contributed by atoms with Crippen LogP contribution in [0.5, 0.6) is 0 Å². The van der Waals surface area contributed by atoms with Gasteiger partial charge in [-0.15, -0.1) is 0 Å². The number of hydrogen-bond acceptors (Lipinski definition) is 3. The molecule has 0 spiro atoms. The number of nitrogens with one attached hydrogen (secondary N) is 1. The maximum atomic E-state index is 13.1. The predicted molar refractivity (Wildman–Crippen MR) is 130 cm³/mol. The smallest absolute Gasteiger partial charge is 0.243 e. The summed E-state index contributed by atoms with van der Waals surface area (Å²) < 4.78 is 27.3. The summed E-state index contributed by atoms with van der Waals surface area (Å²) in [5.41, 5.74) is 2.41. The summed E-state index contributed by atoms with van der Waals surface area (Å²) >= 11 is 5.89. The van der Waals surface area contributed by atoms with Gasteiger partial charge in [-0.3, -0.25) is 4.79 Å². The van der Waals surface area contributed by atoms with Gasteiger partial charge in [-0.05, 0) is 67.5 Å². The molecule has 2 fully saturated rings. The number of fused-ring (bicyclic) bond motifs is 1. The fourth-order valence-corrected chi connectivity index (χ4v) is 6.68. The highest BCUT2D eigenvalue weighted by molar-refractivity contribution is 7.89. The minimum Gasteiger partial charge on any atom is -0.358 e. The van der Waals surface area contributed by atoms with Crippen molar-refractivity contribution in [1.82, 2.24) is 14.2 Å². The molecule has 1 aromatic heterocycles. The summed E-state index contributed by atoms with van der Waals surface area (Å²) in [5.74, 6) is 0.507. The van der Waals surface area contributed by atoms with Gasteiger partial charge in [0.25, 0.3) is 0 Å². The third-order valence-corrected chi connectivity index (χ3v) is 9.22. The lowest BCUT2D eigenvalue weighted by Crippen LogP contribution is -2.46. The van der Waals surface area contributed by atoms with Crippen molar-refractivity contribution in [1.29, 1.82) is 0 Å². The highest BCUT2D eigenvalue weighted by Gasteiger charge is 2.35. The fourth-order valence-electron chi connectivity index (χ4n) is 5.08. The van der Waals surface area contributed by atoms with Crippen LogP contribution in [-0.4, -0.2) is 54.7 Å². The Morgan fingerprint density at radius 3 is 2.24 bits per heavy atom. The summed E-state index contributed by atoms with van der Waals surface area (Å²) in [5, 5.41) is 1.73. The monoisotopic (exact) mass is 485 g/mol. The first-order valence-electron chi connectivity index (χ1n) is 11.5. The highest BCUT2D eigenvalue weighted by atomic mass is 35.5. The van der Waals surface area contributed by atoms with E-state index in [9.17, 15) is 13.2 Å². The SMILES string of the molecule is O=C(C1CCN(S(=O)(=O)c2ccc(Cl)cc2)CC1)N1CCC(c2cc3ccccc3[nH]2)CC1. The van der Waals surface area contributed by atoms with E-state index >= 15 is 0 Å². The number of H-pyrrole nitrogens is 1. The molecule has 0 atom stereocenters. The Labute approximate surface area is 199 Å². The van der Waals surface area contributed by atoms with Gasteiger partial charge in [-0.25, -0.2) is 8.42 Å². The molecule has 0 radical (unpaired) electrons. The minimum absolute atomic E-state index is 0.105. The van der Waals surface area contributed by atoms with Crippen molar-refractivity contribution in [2.75, 3.05) is 26.2 Å². The Kier molecular flexibility index (Phi) is 6.20. The van der Waals surface area contributed by atoms with E-state index in [0.29, 0.717) is 36.9 Å². The van der Waals surface area contributed by atoms with Crippen molar-refractivity contribution in [3.63, 3.8) is 0 Å². The number of hydrogen-bond donors (Lipinski definition) is 1. The van der Waals surface area contributed by atoms with Crippen LogP contribution in [0.3, 0.4) is 0 Å². The average Bonchev–Trinajstić information content (AvgIpc) is 3.28. The molecule has 3 aromatic rings. The quantitative estimate of drug-likeness (QED) is 0.585. The zero-order valence-corrected chi connectivity index (χ0v) is 20.0. The van der Waals surface area contributed by atoms with Gasteiger partial charge in [0.2, 0.25) is 15.9 Å². The summed E-state index contributed by atoms with van der Waals surface area (Å²) in [6.07, 6.45) is 3.02. The summed E-state index contributed by atoms with van der Waals surface area (Å²) in [7, 11) is -3.56. The van der Waals surface area contributed by atoms with Crippen LogP contribution in [0.1, 0.15) is 37.3 Å². The second kappa shape index (κ2) is 9.12. The van der Waals surface area contributed by atoms with Gasteiger partial charge in [0.15, 0.2) is 0 Å². The van der Waals surface area contributed by atoms with E-state index in [4.69, 9.17) is 11.6 Å². The Morgan fingerprint density at radius 1 is 0.909 bits per heavy atom. The number of likely N-dealkylation sites (tertiary alicyclic amines) is 1. The molecule has 0 bridgehead atoms. The standard InChI is InChI=1S/C25H28ClN3O3S/c26-21-5-7-22(8-6-21)33(31,32)29-15-11-19(12-16-29)25(30)28-13-9-18(10-14-28)24-17-20-3-1-2-4-23(20)27-24/h1-8,17-19,27H,9-16H2. The molecule has 33 heavy (non-hydrogen) atoms. The number of aromatic nitrogens is 1.